The van der Waals surface area contributed by atoms with E-state index in [0.717, 1.165) is 12.1 Å². The quantitative estimate of drug-likeness (QED) is 0.378. The van der Waals surface area contributed by atoms with Crippen molar-refractivity contribution in [3.63, 3.8) is 0 Å². The second-order valence-electron chi connectivity index (χ2n) is 2.58. The van der Waals surface area contributed by atoms with Gasteiger partial charge in [-0.2, -0.15) is 0 Å². The van der Waals surface area contributed by atoms with Gasteiger partial charge in [0.1, 0.15) is 4.95 Å². The number of hydrogen-bond donors (Lipinski definition) is 0. The van der Waals surface area contributed by atoms with Gasteiger partial charge in [-0.15, -0.1) is 0 Å². The van der Waals surface area contributed by atoms with E-state index in [1.54, 1.807) is 4.42 Å². The summed E-state index contributed by atoms with van der Waals surface area (Å²) < 4.78 is 1.73. The molecule has 1 aromatic carbocycles. The number of fused-ring (bicyclic) bond motifs is 1. The molecule has 0 aliphatic carbocycles. The van der Waals surface area contributed by atoms with Crippen LogP contribution < -0.4 is 4.42 Å². The summed E-state index contributed by atoms with van der Waals surface area (Å²) in [4.78, 5) is 0.251. The van der Waals surface area contributed by atoms with E-state index >= 15 is 0 Å². The van der Waals surface area contributed by atoms with E-state index in [1.165, 1.54) is 5.56 Å². The molecule has 1 heterocycles. The monoisotopic (exact) mass is 231 g/mol. The number of halogens is 2. The molecule has 2 rings (SSSR count). The minimum Gasteiger partial charge on any atom is -0.271 e. The summed E-state index contributed by atoms with van der Waals surface area (Å²) in [6, 6.07) is 8.17. The van der Waals surface area contributed by atoms with Gasteiger partial charge in [-0.3, -0.25) is 4.42 Å². The van der Waals surface area contributed by atoms with Gasteiger partial charge >= 0.3 is 0 Å². The average Bonchev–Trinajstić information content (AvgIpc) is 2.30. The van der Waals surface area contributed by atoms with Crippen LogP contribution in [0.5, 0.6) is 0 Å². The van der Waals surface area contributed by atoms with Crippen molar-refractivity contribution in [2.45, 2.75) is 11.4 Å². The Morgan fingerprint density at radius 1 is 1.45 bits per heavy atom. The van der Waals surface area contributed by atoms with E-state index in [4.69, 9.17) is 11.8 Å². The lowest BCUT2D eigenvalue weighted by atomic mass is 10.2. The smallest absolute Gasteiger partial charge is 0.105 e. The lowest BCUT2D eigenvalue weighted by Gasteiger charge is -2.11. The van der Waals surface area contributed by atoms with E-state index < -0.39 is 0 Å². The highest BCUT2D eigenvalue weighted by atomic mass is 79.9. The van der Waals surface area contributed by atoms with Crippen molar-refractivity contribution in [2.24, 2.45) is 0 Å². The van der Waals surface area contributed by atoms with Crippen LogP contribution in [0.4, 0.5) is 5.69 Å². The van der Waals surface area contributed by atoms with Crippen molar-refractivity contribution in [1.29, 1.82) is 0 Å². The van der Waals surface area contributed by atoms with E-state index in [9.17, 15) is 0 Å². The number of benzene rings is 1. The minimum atomic E-state index is 0.251. The Morgan fingerprint density at radius 3 is 2.91 bits per heavy atom. The Morgan fingerprint density at radius 2 is 2.18 bits per heavy atom. The fourth-order valence-electron chi connectivity index (χ4n) is 1.30. The fraction of sp³-hybridized carbons (Fsp3) is 0.250. The Bertz CT molecular complexity index is 277. The standard InChI is InChI=1S/C8H7BrClN/c9-8-5-6-3-1-2-4-7(6)11(8)10/h1-4,8H,5H2. The molecular weight excluding hydrogens is 225 g/mol. The van der Waals surface area contributed by atoms with Gasteiger partial charge in [-0.05, 0) is 11.6 Å². The largest absolute Gasteiger partial charge is 0.271 e. The average molecular weight is 233 g/mol. The van der Waals surface area contributed by atoms with Crippen molar-refractivity contribution >= 4 is 33.4 Å². The van der Waals surface area contributed by atoms with E-state index in [0.29, 0.717) is 0 Å². The third-order valence-electron chi connectivity index (χ3n) is 1.86. The third-order valence-corrected chi connectivity index (χ3v) is 3.24. The summed E-state index contributed by atoms with van der Waals surface area (Å²) in [6.45, 7) is 0. The number of nitrogens with zero attached hydrogens (tertiary/aromatic N) is 1. The van der Waals surface area contributed by atoms with E-state index in [-0.39, 0.29) is 4.95 Å². The van der Waals surface area contributed by atoms with Crippen LogP contribution in [0.15, 0.2) is 24.3 Å². The summed E-state index contributed by atoms with van der Waals surface area (Å²) in [5.74, 6) is 0. The topological polar surface area (TPSA) is 3.24 Å². The molecule has 0 bridgehead atoms. The van der Waals surface area contributed by atoms with Gasteiger partial charge < -0.3 is 0 Å². The van der Waals surface area contributed by atoms with Gasteiger partial charge in [0.2, 0.25) is 0 Å². The van der Waals surface area contributed by atoms with Crippen LogP contribution in [0.3, 0.4) is 0 Å². The molecule has 58 valence electrons. The van der Waals surface area contributed by atoms with Gasteiger partial charge in [0.25, 0.3) is 0 Å². The maximum absolute atomic E-state index is 5.98. The molecule has 0 saturated heterocycles. The maximum atomic E-state index is 5.98. The molecule has 1 aliphatic rings. The van der Waals surface area contributed by atoms with Gasteiger partial charge in [-0.1, -0.05) is 34.1 Å². The Hall–Kier alpha value is -0.210. The first kappa shape index (κ1) is 7.44. The molecule has 3 heteroatoms. The van der Waals surface area contributed by atoms with Crippen molar-refractivity contribution in [3.05, 3.63) is 29.8 Å². The lowest BCUT2D eigenvalue weighted by Crippen LogP contribution is -2.14. The minimum absolute atomic E-state index is 0.251. The molecule has 0 aromatic heterocycles. The van der Waals surface area contributed by atoms with Crippen LogP contribution in [0.25, 0.3) is 0 Å². The van der Waals surface area contributed by atoms with Crippen molar-refractivity contribution < 1.29 is 0 Å². The number of anilines is 1. The molecule has 0 spiro atoms. The molecular formula is C8H7BrClN. The Kier molecular flexibility index (Phi) is 1.81. The van der Waals surface area contributed by atoms with Gasteiger partial charge in [0, 0.05) is 18.2 Å². The summed E-state index contributed by atoms with van der Waals surface area (Å²) in [6.07, 6.45) is 0.986. The molecule has 0 saturated carbocycles. The lowest BCUT2D eigenvalue weighted by molar-refractivity contribution is 0.991. The molecule has 11 heavy (non-hydrogen) atoms. The van der Waals surface area contributed by atoms with Crippen LogP contribution in [-0.4, -0.2) is 4.95 Å². The van der Waals surface area contributed by atoms with Crippen LogP contribution in [-0.2, 0) is 6.42 Å². The Balaban J connectivity index is 2.47. The first-order chi connectivity index (χ1) is 5.29. The molecule has 1 aliphatic heterocycles. The molecule has 0 N–H and O–H groups in total. The van der Waals surface area contributed by atoms with Gasteiger partial charge in [0.15, 0.2) is 0 Å². The first-order valence-corrected chi connectivity index (χ1v) is 4.71. The summed E-state index contributed by atoms with van der Waals surface area (Å²) in [7, 11) is 0. The summed E-state index contributed by atoms with van der Waals surface area (Å²) in [5, 5.41) is 0. The van der Waals surface area contributed by atoms with Crippen LogP contribution in [0.2, 0.25) is 0 Å². The highest BCUT2D eigenvalue weighted by molar-refractivity contribution is 9.09. The predicted molar refractivity (Wildman–Crippen MR) is 51.2 cm³/mol. The van der Waals surface area contributed by atoms with Crippen LogP contribution in [0.1, 0.15) is 5.56 Å². The molecule has 1 unspecified atom stereocenters. The van der Waals surface area contributed by atoms with Gasteiger partial charge in [0.05, 0.1) is 5.69 Å². The SMILES string of the molecule is ClN1c2ccccc2CC1Br. The highest BCUT2D eigenvalue weighted by Crippen LogP contribution is 2.35. The van der Waals surface area contributed by atoms with E-state index in [2.05, 4.69) is 22.0 Å². The van der Waals surface area contributed by atoms with Crippen LogP contribution >= 0.6 is 27.7 Å². The molecule has 1 nitrogen and oxygen atoms in total. The second-order valence-corrected chi connectivity index (χ2v) is 4.00. The Labute approximate surface area is 79.2 Å². The molecule has 0 fully saturated rings. The van der Waals surface area contributed by atoms with E-state index in [1.807, 2.05) is 18.2 Å². The zero-order valence-electron chi connectivity index (χ0n) is 5.80. The molecule has 1 aromatic rings. The molecule has 0 amide bonds. The number of rotatable bonds is 0. The van der Waals surface area contributed by atoms with Crippen molar-refractivity contribution in [1.82, 2.24) is 0 Å². The van der Waals surface area contributed by atoms with Crippen molar-refractivity contribution in [2.75, 3.05) is 4.42 Å². The first-order valence-electron chi connectivity index (χ1n) is 3.46. The highest BCUT2D eigenvalue weighted by Gasteiger charge is 2.24. The molecule has 0 radical (unpaired) electrons. The fourth-order valence-corrected chi connectivity index (χ4v) is 2.11. The number of para-hydroxylation sites is 1. The zero-order valence-corrected chi connectivity index (χ0v) is 8.14. The number of alkyl halides is 1. The molecule has 1 atom stereocenters. The number of hydrogen-bond acceptors (Lipinski definition) is 1. The second kappa shape index (κ2) is 2.68. The normalized spacial score (nSPS) is 22.0. The maximum Gasteiger partial charge on any atom is 0.105 e. The third kappa shape index (κ3) is 1.14. The zero-order chi connectivity index (χ0) is 7.84. The van der Waals surface area contributed by atoms with Crippen LogP contribution in [0, 0.1) is 0 Å². The van der Waals surface area contributed by atoms with Crippen molar-refractivity contribution in [3.8, 4) is 0 Å². The summed E-state index contributed by atoms with van der Waals surface area (Å²) in [5.41, 5.74) is 2.43. The predicted octanol–water partition coefficient (Wildman–Crippen LogP) is 2.92. The van der Waals surface area contributed by atoms with Gasteiger partial charge in [-0.25, -0.2) is 0 Å². The summed E-state index contributed by atoms with van der Waals surface area (Å²) >= 11 is 9.46.